The van der Waals surface area contributed by atoms with Crippen molar-refractivity contribution < 1.29 is 9.90 Å². The van der Waals surface area contributed by atoms with Gasteiger partial charge in [-0.3, -0.25) is 4.79 Å². The van der Waals surface area contributed by atoms with E-state index in [9.17, 15) is 4.79 Å². The Morgan fingerprint density at radius 3 is 2.30 bits per heavy atom. The van der Waals surface area contributed by atoms with Crippen LogP contribution < -0.4 is 0 Å². The van der Waals surface area contributed by atoms with Crippen LogP contribution in [-0.4, -0.2) is 11.1 Å². The Hall–Kier alpha value is -0.530. The molecule has 0 aliphatic heterocycles. The van der Waals surface area contributed by atoms with Gasteiger partial charge in [0.05, 0.1) is 5.92 Å². The number of hydrogen-bond acceptors (Lipinski definition) is 1. The maximum atomic E-state index is 10.5. The normalized spacial score (nSPS) is 45.1. The molecule has 3 atom stereocenters. The predicted molar refractivity (Wildman–Crippen MR) is 38.7 cm³/mol. The molecule has 0 bridgehead atoms. The second-order valence-corrected chi connectivity index (χ2v) is 3.46. The second-order valence-electron chi connectivity index (χ2n) is 3.46. The summed E-state index contributed by atoms with van der Waals surface area (Å²) < 4.78 is 0. The molecular formula is C8H14O2. The largest absolute Gasteiger partial charge is 0.481 e. The zero-order valence-corrected chi connectivity index (χ0v) is 6.72. The van der Waals surface area contributed by atoms with E-state index < -0.39 is 5.97 Å². The SMILES string of the molecule is CCC1(C)C(C)C1C(=O)O. The molecule has 58 valence electrons. The number of carboxylic acids is 1. The number of aliphatic carboxylic acids is 1. The minimum atomic E-state index is -0.628. The van der Waals surface area contributed by atoms with Gasteiger partial charge in [-0.2, -0.15) is 0 Å². The van der Waals surface area contributed by atoms with Crippen LogP contribution in [0.15, 0.2) is 0 Å². The highest BCUT2D eigenvalue weighted by Crippen LogP contribution is 2.60. The van der Waals surface area contributed by atoms with Gasteiger partial charge in [-0.1, -0.05) is 20.8 Å². The van der Waals surface area contributed by atoms with Crippen LogP contribution in [0, 0.1) is 17.3 Å². The van der Waals surface area contributed by atoms with Gasteiger partial charge in [0.25, 0.3) is 0 Å². The van der Waals surface area contributed by atoms with E-state index in [2.05, 4.69) is 13.8 Å². The summed E-state index contributed by atoms with van der Waals surface area (Å²) in [5, 5.41) is 8.69. The van der Waals surface area contributed by atoms with Gasteiger partial charge < -0.3 is 5.11 Å². The molecule has 2 nitrogen and oxygen atoms in total. The number of carboxylic acid groups (broad SMARTS) is 1. The van der Waals surface area contributed by atoms with Crippen molar-refractivity contribution in [2.75, 3.05) is 0 Å². The lowest BCUT2D eigenvalue weighted by molar-refractivity contribution is -0.139. The summed E-state index contributed by atoms with van der Waals surface area (Å²) in [6.45, 7) is 6.12. The molecular weight excluding hydrogens is 128 g/mol. The first-order chi connectivity index (χ1) is 4.54. The minimum absolute atomic E-state index is 0.0856. The van der Waals surface area contributed by atoms with Crippen molar-refractivity contribution in [2.24, 2.45) is 17.3 Å². The number of rotatable bonds is 2. The summed E-state index contributed by atoms with van der Waals surface area (Å²) in [5.41, 5.74) is 0.0891. The Bertz CT molecular complexity index is 165. The van der Waals surface area contributed by atoms with E-state index >= 15 is 0 Å². The van der Waals surface area contributed by atoms with Crippen LogP contribution in [0.5, 0.6) is 0 Å². The predicted octanol–water partition coefficient (Wildman–Crippen LogP) is 1.75. The van der Waals surface area contributed by atoms with Crippen molar-refractivity contribution in [3.05, 3.63) is 0 Å². The van der Waals surface area contributed by atoms with Gasteiger partial charge in [0, 0.05) is 0 Å². The second kappa shape index (κ2) is 1.97. The first-order valence-corrected chi connectivity index (χ1v) is 3.77. The third-order valence-corrected chi connectivity index (χ3v) is 3.17. The number of carbonyl (C=O) groups is 1. The molecule has 0 aromatic rings. The van der Waals surface area contributed by atoms with E-state index in [1.165, 1.54) is 0 Å². The summed E-state index contributed by atoms with van der Waals surface area (Å²) in [6.07, 6.45) is 0.977. The highest BCUT2D eigenvalue weighted by molar-refractivity contribution is 5.75. The Morgan fingerprint density at radius 2 is 2.20 bits per heavy atom. The van der Waals surface area contributed by atoms with E-state index in [0.717, 1.165) is 6.42 Å². The van der Waals surface area contributed by atoms with Crippen molar-refractivity contribution >= 4 is 5.97 Å². The van der Waals surface area contributed by atoms with E-state index in [4.69, 9.17) is 5.11 Å². The maximum absolute atomic E-state index is 10.5. The van der Waals surface area contributed by atoms with Gasteiger partial charge in [-0.15, -0.1) is 0 Å². The van der Waals surface area contributed by atoms with Gasteiger partial charge in [-0.25, -0.2) is 0 Å². The first kappa shape index (κ1) is 7.58. The summed E-state index contributed by atoms with van der Waals surface area (Å²) in [7, 11) is 0. The van der Waals surface area contributed by atoms with Crippen LogP contribution in [-0.2, 0) is 4.79 Å². The topological polar surface area (TPSA) is 37.3 Å². The monoisotopic (exact) mass is 142 g/mol. The van der Waals surface area contributed by atoms with Crippen molar-refractivity contribution in [2.45, 2.75) is 27.2 Å². The van der Waals surface area contributed by atoms with Gasteiger partial charge in [-0.05, 0) is 17.8 Å². The van der Waals surface area contributed by atoms with Crippen molar-refractivity contribution in [1.29, 1.82) is 0 Å². The Labute approximate surface area is 61.2 Å². The Morgan fingerprint density at radius 1 is 1.70 bits per heavy atom. The molecule has 0 spiro atoms. The molecule has 0 radical (unpaired) electrons. The molecule has 1 saturated carbocycles. The highest BCUT2D eigenvalue weighted by atomic mass is 16.4. The average molecular weight is 142 g/mol. The summed E-state index contributed by atoms with van der Waals surface area (Å²) in [4.78, 5) is 10.5. The van der Waals surface area contributed by atoms with Crippen molar-refractivity contribution in [3.8, 4) is 0 Å². The zero-order chi connectivity index (χ0) is 7.94. The zero-order valence-electron chi connectivity index (χ0n) is 6.72. The molecule has 0 amide bonds. The van der Waals surface area contributed by atoms with Crippen LogP contribution in [0.4, 0.5) is 0 Å². The van der Waals surface area contributed by atoms with E-state index in [1.54, 1.807) is 0 Å². The van der Waals surface area contributed by atoms with Crippen LogP contribution in [0.2, 0.25) is 0 Å². The molecule has 0 aromatic carbocycles. The third-order valence-electron chi connectivity index (χ3n) is 3.17. The van der Waals surface area contributed by atoms with Crippen LogP contribution >= 0.6 is 0 Å². The van der Waals surface area contributed by atoms with Gasteiger partial charge in [0.1, 0.15) is 0 Å². The molecule has 0 heterocycles. The maximum Gasteiger partial charge on any atom is 0.307 e. The van der Waals surface area contributed by atoms with E-state index in [-0.39, 0.29) is 11.3 Å². The fraction of sp³-hybridized carbons (Fsp3) is 0.875. The molecule has 3 unspecified atom stereocenters. The molecule has 0 aromatic heterocycles. The van der Waals surface area contributed by atoms with E-state index in [1.807, 2.05) is 6.92 Å². The Balaban J connectivity index is 2.64. The standard InChI is InChI=1S/C8H14O2/c1-4-8(3)5(2)6(8)7(9)10/h5-6H,4H2,1-3H3,(H,9,10). The van der Waals surface area contributed by atoms with Crippen molar-refractivity contribution in [1.82, 2.24) is 0 Å². The minimum Gasteiger partial charge on any atom is -0.481 e. The molecule has 1 N–H and O–H groups in total. The molecule has 1 fully saturated rings. The highest BCUT2D eigenvalue weighted by Gasteiger charge is 2.61. The van der Waals surface area contributed by atoms with Crippen LogP contribution in [0.3, 0.4) is 0 Å². The lowest BCUT2D eigenvalue weighted by Gasteiger charge is -2.03. The van der Waals surface area contributed by atoms with E-state index in [0.29, 0.717) is 5.92 Å². The van der Waals surface area contributed by atoms with Gasteiger partial charge in [0.15, 0.2) is 0 Å². The first-order valence-electron chi connectivity index (χ1n) is 3.77. The summed E-state index contributed by atoms with van der Waals surface area (Å²) in [6, 6.07) is 0. The summed E-state index contributed by atoms with van der Waals surface area (Å²) in [5.74, 6) is -0.343. The average Bonchev–Trinajstić information content (AvgIpc) is 2.38. The lowest BCUT2D eigenvalue weighted by atomic mass is 10.0. The fourth-order valence-electron chi connectivity index (χ4n) is 1.83. The summed E-state index contributed by atoms with van der Waals surface area (Å²) >= 11 is 0. The molecule has 1 aliphatic rings. The van der Waals surface area contributed by atoms with Crippen molar-refractivity contribution in [3.63, 3.8) is 0 Å². The van der Waals surface area contributed by atoms with Gasteiger partial charge >= 0.3 is 5.97 Å². The lowest BCUT2D eigenvalue weighted by Crippen LogP contribution is -2.05. The van der Waals surface area contributed by atoms with Gasteiger partial charge in [0.2, 0.25) is 0 Å². The number of hydrogen-bond donors (Lipinski definition) is 1. The quantitative estimate of drug-likeness (QED) is 0.637. The molecule has 10 heavy (non-hydrogen) atoms. The molecule has 1 rings (SSSR count). The Kier molecular flexibility index (Phi) is 1.50. The van der Waals surface area contributed by atoms with Crippen LogP contribution in [0.25, 0.3) is 0 Å². The smallest absolute Gasteiger partial charge is 0.307 e. The molecule has 1 aliphatic carbocycles. The fourth-order valence-corrected chi connectivity index (χ4v) is 1.83. The van der Waals surface area contributed by atoms with Crippen LogP contribution in [0.1, 0.15) is 27.2 Å². The third kappa shape index (κ3) is 0.746. The molecule has 0 saturated heterocycles. The molecule has 2 heteroatoms.